The number of fused-ring (bicyclic) bond motifs is 1. The number of aromatic nitrogens is 2. The Bertz CT molecular complexity index is 1030. The van der Waals surface area contributed by atoms with Gasteiger partial charge in [-0.3, -0.25) is 9.89 Å². The zero-order valence-electron chi connectivity index (χ0n) is 17.4. The van der Waals surface area contributed by atoms with Crippen LogP contribution in [0.5, 0.6) is 11.5 Å². The van der Waals surface area contributed by atoms with E-state index in [2.05, 4.69) is 17.1 Å². The Morgan fingerprint density at radius 2 is 1.93 bits per heavy atom. The van der Waals surface area contributed by atoms with Gasteiger partial charge in [-0.1, -0.05) is 56.2 Å². The highest BCUT2D eigenvalue weighted by Crippen LogP contribution is 2.44. The molecule has 6 nitrogen and oxygen atoms in total. The number of rotatable bonds is 8. The first-order valence-electron chi connectivity index (χ1n) is 10.6. The summed E-state index contributed by atoms with van der Waals surface area (Å²) in [5.41, 5.74) is 4.08. The Labute approximate surface area is 176 Å². The van der Waals surface area contributed by atoms with Gasteiger partial charge in [-0.2, -0.15) is 5.10 Å². The number of benzene rings is 2. The van der Waals surface area contributed by atoms with Crippen LogP contribution in [0.25, 0.3) is 11.3 Å². The average Bonchev–Trinajstić information content (AvgIpc) is 3.30. The van der Waals surface area contributed by atoms with Crippen LogP contribution >= 0.6 is 0 Å². The fourth-order valence-electron chi connectivity index (χ4n) is 4.09. The van der Waals surface area contributed by atoms with Crippen LogP contribution in [-0.2, 0) is 0 Å². The Morgan fingerprint density at radius 1 is 1.13 bits per heavy atom. The SMILES string of the molecule is CCCCCN1C(=O)c2[nH]nc(-c3ccccc3)c2C1c1ccc(O)c(OCC)c1. The van der Waals surface area contributed by atoms with Crippen molar-refractivity contribution in [3.63, 3.8) is 0 Å². The number of hydrogen-bond donors (Lipinski definition) is 2. The molecule has 2 heterocycles. The fraction of sp³-hybridized carbons (Fsp3) is 0.333. The van der Waals surface area contributed by atoms with Crippen LogP contribution in [0.3, 0.4) is 0 Å². The summed E-state index contributed by atoms with van der Waals surface area (Å²) in [6, 6.07) is 14.9. The maximum Gasteiger partial charge on any atom is 0.273 e. The normalized spacial score (nSPS) is 15.5. The number of carbonyl (C=O) groups excluding carboxylic acids is 1. The molecule has 2 N–H and O–H groups in total. The number of nitrogens with zero attached hydrogens (tertiary/aromatic N) is 2. The lowest BCUT2D eigenvalue weighted by atomic mass is 9.95. The summed E-state index contributed by atoms with van der Waals surface area (Å²) in [4.78, 5) is 15.2. The molecular formula is C24H27N3O3. The third-order valence-corrected chi connectivity index (χ3v) is 5.51. The van der Waals surface area contributed by atoms with E-state index in [4.69, 9.17) is 4.74 Å². The summed E-state index contributed by atoms with van der Waals surface area (Å²) >= 11 is 0. The van der Waals surface area contributed by atoms with Gasteiger partial charge in [0.15, 0.2) is 11.5 Å². The van der Waals surface area contributed by atoms with Crippen LogP contribution in [0.4, 0.5) is 0 Å². The standard InChI is InChI=1S/C24H27N3O3/c1-3-5-9-14-27-23(17-12-13-18(28)19(15-17)30-4-2)20-21(16-10-7-6-8-11-16)25-26-22(20)24(27)29/h6-8,10-13,15,23,28H,3-5,9,14H2,1-2H3,(H,25,26). The van der Waals surface area contributed by atoms with E-state index in [0.717, 1.165) is 41.6 Å². The lowest BCUT2D eigenvalue weighted by molar-refractivity contribution is 0.0740. The number of aromatic amines is 1. The van der Waals surface area contributed by atoms with Crippen molar-refractivity contribution in [2.24, 2.45) is 0 Å². The van der Waals surface area contributed by atoms with E-state index < -0.39 is 0 Å². The maximum atomic E-state index is 13.3. The first-order valence-corrected chi connectivity index (χ1v) is 10.6. The topological polar surface area (TPSA) is 78.5 Å². The van der Waals surface area contributed by atoms with Crippen molar-refractivity contribution in [3.8, 4) is 22.8 Å². The predicted octanol–water partition coefficient (Wildman–Crippen LogP) is 4.92. The lowest BCUT2D eigenvalue weighted by Crippen LogP contribution is -2.30. The molecule has 0 saturated carbocycles. The first-order chi connectivity index (χ1) is 14.7. The largest absolute Gasteiger partial charge is 0.504 e. The molecule has 1 aliphatic rings. The highest BCUT2D eigenvalue weighted by molar-refractivity contribution is 6.00. The second-order valence-electron chi connectivity index (χ2n) is 7.50. The van der Waals surface area contributed by atoms with E-state index in [9.17, 15) is 9.90 Å². The molecule has 1 unspecified atom stereocenters. The number of phenols is 1. The van der Waals surface area contributed by atoms with Crippen LogP contribution < -0.4 is 4.74 Å². The molecule has 1 atom stereocenters. The molecule has 0 aliphatic carbocycles. The van der Waals surface area contributed by atoms with Crippen molar-refractivity contribution in [1.82, 2.24) is 15.1 Å². The molecule has 30 heavy (non-hydrogen) atoms. The van der Waals surface area contributed by atoms with Crippen LogP contribution in [0.15, 0.2) is 48.5 Å². The summed E-state index contributed by atoms with van der Waals surface area (Å²) in [6.07, 6.45) is 3.09. The highest BCUT2D eigenvalue weighted by Gasteiger charge is 2.42. The number of nitrogens with one attached hydrogen (secondary N) is 1. The van der Waals surface area contributed by atoms with E-state index >= 15 is 0 Å². The number of phenolic OH excluding ortho intramolecular Hbond substituents is 1. The van der Waals surface area contributed by atoms with Gasteiger partial charge in [0.05, 0.1) is 18.3 Å². The van der Waals surface area contributed by atoms with Gasteiger partial charge in [0.25, 0.3) is 5.91 Å². The number of unbranched alkanes of at least 4 members (excludes halogenated alkanes) is 2. The molecule has 3 aromatic rings. The number of aromatic hydroxyl groups is 1. The van der Waals surface area contributed by atoms with E-state index in [0.29, 0.717) is 24.6 Å². The first kappa shape index (κ1) is 20.0. The number of hydrogen-bond acceptors (Lipinski definition) is 4. The minimum Gasteiger partial charge on any atom is -0.504 e. The third-order valence-electron chi connectivity index (χ3n) is 5.51. The van der Waals surface area contributed by atoms with Crippen molar-refractivity contribution >= 4 is 5.91 Å². The molecule has 4 rings (SSSR count). The smallest absolute Gasteiger partial charge is 0.273 e. The minimum atomic E-state index is -0.280. The monoisotopic (exact) mass is 405 g/mol. The summed E-state index contributed by atoms with van der Waals surface area (Å²) in [5.74, 6) is 0.485. The van der Waals surface area contributed by atoms with Crippen LogP contribution in [0.2, 0.25) is 0 Å². The molecule has 0 saturated heterocycles. The number of amides is 1. The number of ether oxygens (including phenoxy) is 1. The van der Waals surface area contributed by atoms with E-state index in [1.807, 2.05) is 54.3 Å². The zero-order chi connectivity index (χ0) is 21.1. The molecular weight excluding hydrogens is 378 g/mol. The van der Waals surface area contributed by atoms with Gasteiger partial charge in [-0.05, 0) is 31.0 Å². The molecule has 2 aromatic carbocycles. The Morgan fingerprint density at radius 3 is 2.67 bits per heavy atom. The van der Waals surface area contributed by atoms with Gasteiger partial charge in [-0.25, -0.2) is 0 Å². The molecule has 0 radical (unpaired) electrons. The molecule has 0 spiro atoms. The molecule has 1 aromatic heterocycles. The van der Waals surface area contributed by atoms with Crippen molar-refractivity contribution in [3.05, 3.63) is 65.4 Å². The number of carbonyl (C=O) groups is 1. The third kappa shape index (κ3) is 3.54. The van der Waals surface area contributed by atoms with Crippen LogP contribution in [-0.4, -0.2) is 39.3 Å². The molecule has 0 fully saturated rings. The fourth-order valence-corrected chi connectivity index (χ4v) is 4.09. The summed E-state index contributed by atoms with van der Waals surface area (Å²) in [7, 11) is 0. The van der Waals surface area contributed by atoms with Gasteiger partial charge >= 0.3 is 0 Å². The molecule has 1 amide bonds. The maximum absolute atomic E-state index is 13.3. The molecule has 6 heteroatoms. The Kier molecular flexibility index (Phi) is 5.74. The second-order valence-corrected chi connectivity index (χ2v) is 7.50. The van der Waals surface area contributed by atoms with Crippen LogP contribution in [0, 0.1) is 0 Å². The Hall–Kier alpha value is -3.28. The van der Waals surface area contributed by atoms with Gasteiger partial charge in [0.2, 0.25) is 0 Å². The van der Waals surface area contributed by atoms with E-state index in [-0.39, 0.29) is 17.7 Å². The quantitative estimate of drug-likeness (QED) is 0.522. The van der Waals surface area contributed by atoms with Crippen molar-refractivity contribution in [2.45, 2.75) is 39.2 Å². The molecule has 0 bridgehead atoms. The van der Waals surface area contributed by atoms with Crippen molar-refractivity contribution in [2.75, 3.05) is 13.2 Å². The molecule has 156 valence electrons. The van der Waals surface area contributed by atoms with Gasteiger partial charge in [0.1, 0.15) is 5.69 Å². The average molecular weight is 405 g/mol. The van der Waals surface area contributed by atoms with Crippen LogP contribution in [0.1, 0.15) is 60.8 Å². The van der Waals surface area contributed by atoms with E-state index in [1.165, 1.54) is 0 Å². The highest BCUT2D eigenvalue weighted by atomic mass is 16.5. The van der Waals surface area contributed by atoms with Gasteiger partial charge in [0, 0.05) is 17.7 Å². The molecule has 1 aliphatic heterocycles. The summed E-state index contributed by atoms with van der Waals surface area (Å²) < 4.78 is 5.60. The van der Waals surface area contributed by atoms with Gasteiger partial charge in [-0.15, -0.1) is 0 Å². The number of H-pyrrole nitrogens is 1. The summed E-state index contributed by atoms with van der Waals surface area (Å²) in [6.45, 7) is 5.15. The summed E-state index contributed by atoms with van der Waals surface area (Å²) in [5, 5.41) is 17.6. The predicted molar refractivity (Wildman–Crippen MR) is 116 cm³/mol. The zero-order valence-corrected chi connectivity index (χ0v) is 17.4. The Balaban J connectivity index is 1.82. The second kappa shape index (κ2) is 8.61. The van der Waals surface area contributed by atoms with Crippen molar-refractivity contribution in [1.29, 1.82) is 0 Å². The van der Waals surface area contributed by atoms with Gasteiger partial charge < -0.3 is 14.7 Å². The van der Waals surface area contributed by atoms with Crippen molar-refractivity contribution < 1.29 is 14.6 Å². The van der Waals surface area contributed by atoms with E-state index in [1.54, 1.807) is 6.07 Å². The minimum absolute atomic E-state index is 0.0354. The lowest BCUT2D eigenvalue weighted by Gasteiger charge is -2.27.